The van der Waals surface area contributed by atoms with Crippen molar-refractivity contribution in [2.24, 2.45) is 0 Å². The van der Waals surface area contributed by atoms with E-state index in [4.69, 9.17) is 14.2 Å². The molecule has 1 N–H and O–H groups in total. The van der Waals surface area contributed by atoms with Crippen molar-refractivity contribution in [2.75, 3.05) is 33.4 Å². The van der Waals surface area contributed by atoms with Gasteiger partial charge in [0, 0.05) is 32.7 Å². The van der Waals surface area contributed by atoms with Crippen LogP contribution < -0.4 is 14.8 Å². The molecule has 1 aliphatic heterocycles. The zero-order valence-electron chi connectivity index (χ0n) is 17.2. The maximum atomic E-state index is 5.77. The molecule has 2 aromatic carbocycles. The van der Waals surface area contributed by atoms with Gasteiger partial charge in [-0.1, -0.05) is 30.3 Å². The minimum Gasteiger partial charge on any atom is -0.493 e. The van der Waals surface area contributed by atoms with Crippen LogP contribution in [0.25, 0.3) is 0 Å². The number of hydrogen-bond acceptors (Lipinski definition) is 5. The lowest BCUT2D eigenvalue weighted by Crippen LogP contribution is -2.35. The van der Waals surface area contributed by atoms with E-state index in [0.717, 1.165) is 57.4 Å². The largest absolute Gasteiger partial charge is 0.493 e. The standard InChI is InChI=1S/C23H32N2O3/c1-18(2)28-22-9-8-21(14-23(22)26-3)16-24-15-19-4-6-20(7-5-19)17-25-10-12-27-13-11-25/h4-9,14,18,24H,10-13,15-17H2,1-3H3. The molecular formula is C23H32N2O3. The minimum atomic E-state index is 0.129. The van der Waals surface area contributed by atoms with Gasteiger partial charge in [0.2, 0.25) is 0 Å². The Balaban J connectivity index is 1.47. The van der Waals surface area contributed by atoms with E-state index in [2.05, 4.69) is 40.5 Å². The van der Waals surface area contributed by atoms with Gasteiger partial charge in [0.15, 0.2) is 11.5 Å². The number of methoxy groups -OCH3 is 1. The molecule has 0 amide bonds. The van der Waals surface area contributed by atoms with Crippen molar-refractivity contribution < 1.29 is 14.2 Å². The molecule has 1 saturated heterocycles. The van der Waals surface area contributed by atoms with Crippen LogP contribution >= 0.6 is 0 Å². The van der Waals surface area contributed by atoms with Gasteiger partial charge in [-0.15, -0.1) is 0 Å². The number of nitrogens with zero attached hydrogens (tertiary/aromatic N) is 1. The SMILES string of the molecule is COc1cc(CNCc2ccc(CN3CCOCC3)cc2)ccc1OC(C)C. The van der Waals surface area contributed by atoms with Gasteiger partial charge in [0.05, 0.1) is 26.4 Å². The average molecular weight is 385 g/mol. The highest BCUT2D eigenvalue weighted by molar-refractivity contribution is 5.43. The first-order valence-corrected chi connectivity index (χ1v) is 10.1. The second kappa shape index (κ2) is 10.5. The van der Waals surface area contributed by atoms with Gasteiger partial charge in [0.1, 0.15) is 0 Å². The van der Waals surface area contributed by atoms with Crippen molar-refractivity contribution in [2.45, 2.75) is 39.6 Å². The van der Waals surface area contributed by atoms with Crippen molar-refractivity contribution in [3.8, 4) is 11.5 Å². The van der Waals surface area contributed by atoms with E-state index < -0.39 is 0 Å². The highest BCUT2D eigenvalue weighted by atomic mass is 16.5. The van der Waals surface area contributed by atoms with Crippen molar-refractivity contribution in [1.29, 1.82) is 0 Å². The maximum Gasteiger partial charge on any atom is 0.161 e. The van der Waals surface area contributed by atoms with Gasteiger partial charge in [-0.2, -0.15) is 0 Å². The number of ether oxygens (including phenoxy) is 3. The predicted molar refractivity (Wildman–Crippen MR) is 112 cm³/mol. The van der Waals surface area contributed by atoms with E-state index in [1.165, 1.54) is 16.7 Å². The fourth-order valence-electron chi connectivity index (χ4n) is 3.30. The normalized spacial score (nSPS) is 15.0. The molecule has 0 unspecified atom stereocenters. The molecule has 0 saturated carbocycles. The fraction of sp³-hybridized carbons (Fsp3) is 0.478. The Kier molecular flexibility index (Phi) is 7.71. The Labute approximate surface area is 168 Å². The molecular weight excluding hydrogens is 352 g/mol. The zero-order chi connectivity index (χ0) is 19.8. The highest BCUT2D eigenvalue weighted by Crippen LogP contribution is 2.29. The molecule has 1 fully saturated rings. The van der Waals surface area contributed by atoms with E-state index in [9.17, 15) is 0 Å². The lowest BCUT2D eigenvalue weighted by Gasteiger charge is -2.26. The van der Waals surface area contributed by atoms with Crippen LogP contribution in [0.5, 0.6) is 11.5 Å². The monoisotopic (exact) mass is 384 g/mol. The number of hydrogen-bond donors (Lipinski definition) is 1. The van der Waals surface area contributed by atoms with Crippen LogP contribution in [0.4, 0.5) is 0 Å². The summed E-state index contributed by atoms with van der Waals surface area (Å²) >= 11 is 0. The smallest absolute Gasteiger partial charge is 0.161 e. The third kappa shape index (κ3) is 6.23. The number of nitrogens with one attached hydrogen (secondary N) is 1. The second-order valence-corrected chi connectivity index (χ2v) is 7.46. The summed E-state index contributed by atoms with van der Waals surface area (Å²) in [6.45, 7) is 10.4. The van der Waals surface area contributed by atoms with E-state index >= 15 is 0 Å². The molecule has 152 valence electrons. The van der Waals surface area contributed by atoms with Crippen LogP contribution in [0.2, 0.25) is 0 Å². The summed E-state index contributed by atoms with van der Waals surface area (Å²) < 4.78 is 16.6. The molecule has 0 aliphatic carbocycles. The number of morpholine rings is 1. The van der Waals surface area contributed by atoms with Crippen molar-refractivity contribution in [3.63, 3.8) is 0 Å². The Morgan fingerprint density at radius 1 is 0.929 bits per heavy atom. The third-order valence-electron chi connectivity index (χ3n) is 4.78. The predicted octanol–water partition coefficient (Wildman–Crippen LogP) is 3.60. The van der Waals surface area contributed by atoms with Gasteiger partial charge in [-0.25, -0.2) is 0 Å². The minimum absolute atomic E-state index is 0.129. The molecule has 1 heterocycles. The topological polar surface area (TPSA) is 43.0 Å². The molecule has 2 aromatic rings. The lowest BCUT2D eigenvalue weighted by molar-refractivity contribution is 0.0342. The quantitative estimate of drug-likeness (QED) is 0.716. The van der Waals surface area contributed by atoms with Crippen LogP contribution in [-0.4, -0.2) is 44.4 Å². The van der Waals surface area contributed by atoms with Crippen molar-refractivity contribution in [1.82, 2.24) is 10.2 Å². The first-order valence-electron chi connectivity index (χ1n) is 10.1. The molecule has 0 atom stereocenters. The Bertz CT molecular complexity index is 725. The van der Waals surface area contributed by atoms with Crippen LogP contribution in [0, 0.1) is 0 Å². The van der Waals surface area contributed by atoms with E-state index in [0.29, 0.717) is 0 Å². The zero-order valence-corrected chi connectivity index (χ0v) is 17.2. The van der Waals surface area contributed by atoms with E-state index in [1.807, 2.05) is 26.0 Å². The van der Waals surface area contributed by atoms with Gasteiger partial charge < -0.3 is 19.5 Å². The van der Waals surface area contributed by atoms with Crippen LogP contribution in [0.15, 0.2) is 42.5 Å². The molecule has 5 nitrogen and oxygen atoms in total. The van der Waals surface area contributed by atoms with Gasteiger partial charge in [0.25, 0.3) is 0 Å². The Hall–Kier alpha value is -2.08. The lowest BCUT2D eigenvalue weighted by atomic mass is 10.1. The first-order chi connectivity index (χ1) is 13.6. The highest BCUT2D eigenvalue weighted by Gasteiger charge is 2.10. The molecule has 3 rings (SSSR count). The first kappa shape index (κ1) is 20.6. The molecule has 0 bridgehead atoms. The molecule has 0 radical (unpaired) electrons. The van der Waals surface area contributed by atoms with E-state index in [-0.39, 0.29) is 6.10 Å². The summed E-state index contributed by atoms with van der Waals surface area (Å²) in [6.07, 6.45) is 0.129. The summed E-state index contributed by atoms with van der Waals surface area (Å²) in [7, 11) is 1.68. The molecule has 1 aliphatic rings. The van der Waals surface area contributed by atoms with Gasteiger partial charge in [-0.05, 0) is 42.7 Å². The Morgan fingerprint density at radius 2 is 1.57 bits per heavy atom. The summed E-state index contributed by atoms with van der Waals surface area (Å²) in [4.78, 5) is 2.44. The van der Waals surface area contributed by atoms with Crippen LogP contribution in [0.3, 0.4) is 0 Å². The van der Waals surface area contributed by atoms with Gasteiger partial charge >= 0.3 is 0 Å². The summed E-state index contributed by atoms with van der Waals surface area (Å²) in [6, 6.07) is 15.0. The Morgan fingerprint density at radius 3 is 2.25 bits per heavy atom. The summed E-state index contributed by atoms with van der Waals surface area (Å²) in [5.74, 6) is 1.57. The van der Waals surface area contributed by atoms with Crippen molar-refractivity contribution in [3.05, 3.63) is 59.2 Å². The molecule has 0 spiro atoms. The van der Waals surface area contributed by atoms with Crippen LogP contribution in [0.1, 0.15) is 30.5 Å². The molecule has 5 heteroatoms. The summed E-state index contributed by atoms with van der Waals surface area (Å²) in [5, 5.41) is 3.51. The molecule has 28 heavy (non-hydrogen) atoms. The fourth-order valence-corrected chi connectivity index (χ4v) is 3.30. The third-order valence-corrected chi connectivity index (χ3v) is 4.78. The number of benzene rings is 2. The van der Waals surface area contributed by atoms with Crippen molar-refractivity contribution >= 4 is 0 Å². The summed E-state index contributed by atoms with van der Waals surface area (Å²) in [5.41, 5.74) is 3.82. The number of rotatable bonds is 9. The maximum absolute atomic E-state index is 5.77. The average Bonchev–Trinajstić information content (AvgIpc) is 2.71. The molecule has 0 aromatic heterocycles. The second-order valence-electron chi connectivity index (χ2n) is 7.46. The van der Waals surface area contributed by atoms with Crippen LogP contribution in [-0.2, 0) is 24.4 Å². The van der Waals surface area contributed by atoms with E-state index in [1.54, 1.807) is 7.11 Å². The van der Waals surface area contributed by atoms with Gasteiger partial charge in [-0.3, -0.25) is 4.90 Å².